The van der Waals surface area contributed by atoms with Crippen molar-refractivity contribution in [3.63, 3.8) is 0 Å². The molecule has 0 saturated carbocycles. The van der Waals surface area contributed by atoms with Crippen molar-refractivity contribution >= 4 is 5.97 Å². The van der Waals surface area contributed by atoms with E-state index >= 15 is 0 Å². The van der Waals surface area contributed by atoms with E-state index in [4.69, 9.17) is 5.53 Å². The first kappa shape index (κ1) is 15.4. The van der Waals surface area contributed by atoms with Crippen LogP contribution in [0, 0.1) is 0 Å². The summed E-state index contributed by atoms with van der Waals surface area (Å²) < 4.78 is 4.65. The molecular formula is C10H17N3O4. The molecule has 0 radical (unpaired) electrons. The van der Waals surface area contributed by atoms with Crippen molar-refractivity contribution in [1.82, 2.24) is 0 Å². The maximum absolute atomic E-state index is 11.1. The first-order valence-corrected chi connectivity index (χ1v) is 5.15. The predicted octanol–water partition coefficient (Wildman–Crippen LogP) is 0.916. The Morgan fingerprint density at radius 2 is 2.24 bits per heavy atom. The number of carbonyl (C=O) groups excluding carboxylic acids is 1. The average molecular weight is 243 g/mol. The van der Waals surface area contributed by atoms with Crippen LogP contribution in [0.25, 0.3) is 10.4 Å². The fourth-order valence-electron chi connectivity index (χ4n) is 1.20. The fourth-order valence-corrected chi connectivity index (χ4v) is 1.20. The number of hydrogen-bond donors (Lipinski definition) is 2. The van der Waals surface area contributed by atoms with E-state index in [2.05, 4.69) is 14.8 Å². The van der Waals surface area contributed by atoms with Crippen LogP contribution in [0.15, 0.2) is 17.3 Å². The van der Waals surface area contributed by atoms with Gasteiger partial charge in [0.15, 0.2) is 0 Å². The number of nitrogens with zero attached hydrogens (tertiary/aromatic N) is 3. The molecule has 17 heavy (non-hydrogen) atoms. The molecule has 0 aromatic carbocycles. The van der Waals surface area contributed by atoms with E-state index in [1.54, 1.807) is 6.92 Å². The van der Waals surface area contributed by atoms with E-state index in [0.29, 0.717) is 0 Å². The van der Waals surface area contributed by atoms with E-state index in [9.17, 15) is 15.0 Å². The molecule has 0 bridgehead atoms. The molecule has 7 nitrogen and oxygen atoms in total. The first-order chi connectivity index (χ1) is 7.87. The highest BCUT2D eigenvalue weighted by atomic mass is 16.5. The van der Waals surface area contributed by atoms with Crippen LogP contribution in [0.5, 0.6) is 0 Å². The van der Waals surface area contributed by atoms with Crippen molar-refractivity contribution in [3.8, 4) is 0 Å². The molecular weight excluding hydrogens is 226 g/mol. The van der Waals surface area contributed by atoms with Gasteiger partial charge in [0.1, 0.15) is 0 Å². The van der Waals surface area contributed by atoms with Gasteiger partial charge >= 0.3 is 5.97 Å². The molecule has 0 aliphatic carbocycles. The zero-order valence-corrected chi connectivity index (χ0v) is 10.1. The van der Waals surface area contributed by atoms with E-state index in [1.807, 2.05) is 0 Å². The van der Waals surface area contributed by atoms with Gasteiger partial charge < -0.3 is 14.9 Å². The van der Waals surface area contributed by atoms with Crippen LogP contribution >= 0.6 is 0 Å². The molecule has 0 spiro atoms. The second-order valence-electron chi connectivity index (χ2n) is 3.69. The van der Waals surface area contributed by atoms with Crippen LogP contribution in [0.4, 0.5) is 0 Å². The van der Waals surface area contributed by atoms with Crippen LogP contribution in [0.3, 0.4) is 0 Å². The van der Waals surface area contributed by atoms with Gasteiger partial charge in [-0.25, -0.2) is 4.79 Å². The second kappa shape index (κ2) is 6.90. The lowest BCUT2D eigenvalue weighted by atomic mass is 9.92. The highest BCUT2D eigenvalue weighted by Gasteiger charge is 2.33. The third kappa shape index (κ3) is 4.86. The normalized spacial score (nSPS) is 17.9. The number of rotatable bonds is 6. The number of esters is 1. The molecule has 0 rings (SSSR count). The lowest BCUT2D eigenvalue weighted by Crippen LogP contribution is -2.42. The molecule has 0 saturated heterocycles. The van der Waals surface area contributed by atoms with Crippen molar-refractivity contribution in [3.05, 3.63) is 22.6 Å². The van der Waals surface area contributed by atoms with Gasteiger partial charge in [0.2, 0.25) is 0 Å². The average Bonchev–Trinajstić information content (AvgIpc) is 2.26. The Labute approximate surface area is 99.3 Å². The molecule has 0 aliphatic rings. The Morgan fingerprint density at radius 1 is 1.65 bits per heavy atom. The standard InChI is InChI=1S/C10H17N3O4/c1-4-17-8(15)5-6-10(3,12-13-11)9(16)7(2)14/h5-7,9,14,16H,4H2,1-3H3/b6-5+/t7-,9+,10+/m0/s1. The highest BCUT2D eigenvalue weighted by Crippen LogP contribution is 2.21. The zero-order valence-electron chi connectivity index (χ0n) is 10.1. The molecule has 0 aromatic rings. The summed E-state index contributed by atoms with van der Waals surface area (Å²) in [7, 11) is 0. The Kier molecular flexibility index (Phi) is 6.27. The smallest absolute Gasteiger partial charge is 0.330 e. The largest absolute Gasteiger partial charge is 0.463 e. The number of aliphatic hydroxyl groups is 2. The van der Waals surface area contributed by atoms with Gasteiger partial charge in [-0.2, -0.15) is 0 Å². The van der Waals surface area contributed by atoms with Crippen molar-refractivity contribution in [2.75, 3.05) is 6.61 Å². The van der Waals surface area contributed by atoms with E-state index in [0.717, 1.165) is 6.08 Å². The second-order valence-corrected chi connectivity index (χ2v) is 3.69. The molecule has 7 heteroatoms. The van der Waals surface area contributed by atoms with Gasteiger partial charge in [0, 0.05) is 11.0 Å². The van der Waals surface area contributed by atoms with Crippen molar-refractivity contribution in [1.29, 1.82) is 0 Å². The van der Waals surface area contributed by atoms with Gasteiger partial charge in [0.25, 0.3) is 0 Å². The van der Waals surface area contributed by atoms with Crippen LogP contribution in [0.2, 0.25) is 0 Å². The summed E-state index contributed by atoms with van der Waals surface area (Å²) >= 11 is 0. The molecule has 0 heterocycles. The lowest BCUT2D eigenvalue weighted by molar-refractivity contribution is -0.137. The van der Waals surface area contributed by atoms with Crippen LogP contribution in [-0.2, 0) is 9.53 Å². The Balaban J connectivity index is 4.97. The number of hydrogen-bond acceptors (Lipinski definition) is 5. The number of aliphatic hydroxyl groups excluding tert-OH is 2. The maximum atomic E-state index is 11.1. The molecule has 2 N–H and O–H groups in total. The van der Waals surface area contributed by atoms with Crippen LogP contribution in [-0.4, -0.2) is 40.5 Å². The summed E-state index contributed by atoms with van der Waals surface area (Å²) in [4.78, 5) is 13.7. The lowest BCUT2D eigenvalue weighted by Gasteiger charge is -2.28. The molecule has 0 fully saturated rings. The van der Waals surface area contributed by atoms with E-state index < -0.39 is 23.7 Å². The predicted molar refractivity (Wildman–Crippen MR) is 61.0 cm³/mol. The molecule has 0 aliphatic heterocycles. The minimum absolute atomic E-state index is 0.223. The van der Waals surface area contributed by atoms with Gasteiger partial charge in [-0.15, -0.1) is 0 Å². The van der Waals surface area contributed by atoms with Gasteiger partial charge in [-0.3, -0.25) is 0 Å². The van der Waals surface area contributed by atoms with Crippen molar-refractivity contribution < 1.29 is 19.7 Å². The molecule has 96 valence electrons. The van der Waals surface area contributed by atoms with E-state index in [1.165, 1.54) is 19.9 Å². The third-order valence-electron chi connectivity index (χ3n) is 2.16. The first-order valence-electron chi connectivity index (χ1n) is 5.15. The van der Waals surface area contributed by atoms with E-state index in [-0.39, 0.29) is 6.61 Å². The fraction of sp³-hybridized carbons (Fsp3) is 0.700. The molecule has 0 amide bonds. The Hall–Kier alpha value is -1.56. The highest BCUT2D eigenvalue weighted by molar-refractivity contribution is 5.82. The minimum atomic E-state index is -1.41. The topological polar surface area (TPSA) is 116 Å². The number of azide groups is 1. The molecule has 0 aromatic heterocycles. The summed E-state index contributed by atoms with van der Waals surface area (Å²) in [5.74, 6) is -0.607. The monoisotopic (exact) mass is 243 g/mol. The Bertz CT molecular complexity index is 336. The number of carbonyl (C=O) groups is 1. The van der Waals surface area contributed by atoms with Crippen LogP contribution in [0.1, 0.15) is 20.8 Å². The van der Waals surface area contributed by atoms with Crippen molar-refractivity contribution in [2.24, 2.45) is 5.11 Å². The summed E-state index contributed by atoms with van der Waals surface area (Å²) in [6.07, 6.45) is -0.146. The molecule has 0 unspecified atom stereocenters. The quantitative estimate of drug-likeness (QED) is 0.237. The molecule has 3 atom stereocenters. The van der Waals surface area contributed by atoms with Crippen molar-refractivity contribution in [2.45, 2.75) is 38.5 Å². The summed E-state index contributed by atoms with van der Waals surface area (Å²) in [6, 6.07) is 0. The maximum Gasteiger partial charge on any atom is 0.330 e. The van der Waals surface area contributed by atoms with Crippen LogP contribution < -0.4 is 0 Å². The summed E-state index contributed by atoms with van der Waals surface area (Å²) in [5.41, 5.74) is 7.01. The van der Waals surface area contributed by atoms with Gasteiger partial charge in [0.05, 0.1) is 24.4 Å². The van der Waals surface area contributed by atoms with Gasteiger partial charge in [-0.1, -0.05) is 11.2 Å². The Morgan fingerprint density at radius 3 is 2.65 bits per heavy atom. The minimum Gasteiger partial charge on any atom is -0.463 e. The number of ether oxygens (including phenoxy) is 1. The van der Waals surface area contributed by atoms with Gasteiger partial charge in [-0.05, 0) is 26.3 Å². The summed E-state index contributed by atoms with van der Waals surface area (Å²) in [5, 5.41) is 22.4. The summed E-state index contributed by atoms with van der Waals surface area (Å²) in [6.45, 7) is 4.64. The third-order valence-corrected chi connectivity index (χ3v) is 2.16. The zero-order chi connectivity index (χ0) is 13.5. The SMILES string of the molecule is CCOC(=O)/C=C/[C@@](C)(N=[N+]=[N-])[C@H](O)[C@H](C)O.